The van der Waals surface area contributed by atoms with Gasteiger partial charge >= 0.3 is 0 Å². The van der Waals surface area contributed by atoms with Gasteiger partial charge in [0.15, 0.2) is 0 Å². The number of hydrogen-bond donors (Lipinski definition) is 3. The van der Waals surface area contributed by atoms with Crippen molar-refractivity contribution in [2.24, 2.45) is 0 Å². The second-order valence-corrected chi connectivity index (χ2v) is 5.78. The van der Waals surface area contributed by atoms with Crippen molar-refractivity contribution in [2.75, 3.05) is 13.1 Å². The van der Waals surface area contributed by atoms with E-state index < -0.39 is 0 Å². The molecule has 2 amide bonds. The Morgan fingerprint density at radius 1 is 1.04 bits per heavy atom. The molecule has 0 fully saturated rings. The van der Waals surface area contributed by atoms with E-state index in [0.717, 1.165) is 0 Å². The fourth-order valence-corrected chi connectivity index (χ4v) is 2.31. The van der Waals surface area contributed by atoms with Gasteiger partial charge in [0.05, 0.1) is 15.6 Å². The van der Waals surface area contributed by atoms with Crippen molar-refractivity contribution < 1.29 is 9.59 Å². The van der Waals surface area contributed by atoms with Gasteiger partial charge in [-0.25, -0.2) is 0 Å². The van der Waals surface area contributed by atoms with Crippen LogP contribution in [-0.2, 0) is 0 Å². The zero-order chi connectivity index (χ0) is 16.8. The zero-order valence-electron chi connectivity index (χ0n) is 11.9. The smallest absolute Gasteiger partial charge is 0.254 e. The lowest BCUT2D eigenvalue weighted by molar-refractivity contribution is 0.0927. The topological polar surface area (TPSA) is 74.0 Å². The molecule has 2 rings (SSSR count). The third-order valence-corrected chi connectivity index (χ3v) is 4.02. The van der Waals surface area contributed by atoms with Crippen LogP contribution in [0.5, 0.6) is 0 Å². The number of carbonyl (C=O) groups excluding carboxylic acids is 2. The summed E-state index contributed by atoms with van der Waals surface area (Å²) in [7, 11) is 0. The maximum atomic E-state index is 11.9. The zero-order valence-corrected chi connectivity index (χ0v) is 14.2. The van der Waals surface area contributed by atoms with Crippen molar-refractivity contribution in [2.45, 2.75) is 0 Å². The number of aromatic nitrogens is 1. The van der Waals surface area contributed by atoms with Crippen LogP contribution in [0.1, 0.15) is 20.7 Å². The van der Waals surface area contributed by atoms with Crippen LogP contribution in [0.15, 0.2) is 36.5 Å². The average Bonchev–Trinajstić information content (AvgIpc) is 2.54. The molecule has 0 aliphatic heterocycles. The molecule has 120 valence electrons. The van der Waals surface area contributed by atoms with Crippen molar-refractivity contribution in [1.29, 1.82) is 0 Å². The quantitative estimate of drug-likeness (QED) is 0.559. The highest BCUT2D eigenvalue weighted by Crippen LogP contribution is 2.22. The molecule has 0 aliphatic rings. The highest BCUT2D eigenvalue weighted by atomic mass is 35.5. The third-order valence-electron chi connectivity index (χ3n) is 2.94. The van der Waals surface area contributed by atoms with Gasteiger partial charge in [-0.05, 0) is 30.3 Å². The van der Waals surface area contributed by atoms with Crippen molar-refractivity contribution in [3.05, 3.63) is 62.3 Å². The van der Waals surface area contributed by atoms with Gasteiger partial charge in [-0.2, -0.15) is 0 Å². The van der Waals surface area contributed by atoms with Crippen LogP contribution < -0.4 is 10.6 Å². The number of halogens is 2. The lowest BCUT2D eigenvalue weighted by Crippen LogP contribution is -2.34. The van der Waals surface area contributed by atoms with Crippen molar-refractivity contribution in [3.8, 4) is 0 Å². The number of H-pyrrole nitrogens is 1. The van der Waals surface area contributed by atoms with Crippen molar-refractivity contribution in [3.63, 3.8) is 0 Å². The first-order chi connectivity index (χ1) is 11.0. The Bertz CT molecular complexity index is 792. The van der Waals surface area contributed by atoms with E-state index in [9.17, 15) is 9.59 Å². The molecule has 1 aromatic heterocycles. The van der Waals surface area contributed by atoms with Gasteiger partial charge in [0.1, 0.15) is 4.64 Å². The Balaban J connectivity index is 1.82. The number of nitrogens with one attached hydrogen (secondary N) is 3. The molecule has 0 atom stereocenters. The maximum absolute atomic E-state index is 11.9. The Labute approximate surface area is 148 Å². The summed E-state index contributed by atoms with van der Waals surface area (Å²) in [5, 5.41) is 6.05. The fourth-order valence-electron chi connectivity index (χ4n) is 1.79. The summed E-state index contributed by atoms with van der Waals surface area (Å²) in [5.41, 5.74) is 0.787. The molecule has 0 unspecified atom stereocenters. The highest BCUT2D eigenvalue weighted by Gasteiger charge is 2.09. The third kappa shape index (κ3) is 4.79. The van der Waals surface area contributed by atoms with Crippen LogP contribution in [-0.4, -0.2) is 29.9 Å². The SMILES string of the molecule is O=C(NCCNC(=O)c1ccc[nH]c1=S)c1ccc(Cl)c(Cl)c1. The van der Waals surface area contributed by atoms with E-state index in [0.29, 0.717) is 25.8 Å². The van der Waals surface area contributed by atoms with Gasteiger partial charge < -0.3 is 15.6 Å². The van der Waals surface area contributed by atoms with E-state index >= 15 is 0 Å². The van der Waals surface area contributed by atoms with Gasteiger partial charge in [-0.15, -0.1) is 0 Å². The van der Waals surface area contributed by atoms with Gasteiger partial charge in [-0.1, -0.05) is 35.4 Å². The minimum absolute atomic E-state index is 0.272. The van der Waals surface area contributed by atoms with Gasteiger partial charge in [0.2, 0.25) is 0 Å². The van der Waals surface area contributed by atoms with E-state index in [1.165, 1.54) is 6.07 Å². The monoisotopic (exact) mass is 369 g/mol. The number of rotatable bonds is 5. The molecule has 0 bridgehead atoms. The predicted molar refractivity (Wildman–Crippen MR) is 92.8 cm³/mol. The molecular formula is C15H13Cl2N3O2S. The molecule has 0 saturated heterocycles. The predicted octanol–water partition coefficient (Wildman–Crippen LogP) is 3.21. The first-order valence-electron chi connectivity index (χ1n) is 6.68. The first kappa shape index (κ1) is 17.5. The highest BCUT2D eigenvalue weighted by molar-refractivity contribution is 7.71. The average molecular weight is 370 g/mol. The second-order valence-electron chi connectivity index (χ2n) is 4.55. The molecule has 2 aromatic rings. The Morgan fingerprint density at radius 2 is 1.74 bits per heavy atom. The number of amides is 2. The minimum atomic E-state index is -0.296. The molecule has 8 heteroatoms. The van der Waals surface area contributed by atoms with E-state index in [4.69, 9.17) is 35.4 Å². The Hall–Kier alpha value is -1.89. The number of carbonyl (C=O) groups is 2. The standard InChI is InChI=1S/C15H13Cl2N3O2S/c16-11-4-3-9(8-12(11)17)13(21)18-6-7-19-14(22)10-2-1-5-20-15(10)23/h1-5,8H,6-7H2,(H,18,21)(H,19,22)(H,20,23). The lowest BCUT2D eigenvalue weighted by Gasteiger charge is -2.08. The first-order valence-corrected chi connectivity index (χ1v) is 7.84. The molecule has 0 aliphatic carbocycles. The molecule has 5 nitrogen and oxygen atoms in total. The summed E-state index contributed by atoms with van der Waals surface area (Å²) in [6, 6.07) is 7.93. The fraction of sp³-hybridized carbons (Fsp3) is 0.133. The van der Waals surface area contributed by atoms with Gasteiger partial charge in [-0.3, -0.25) is 9.59 Å². The van der Waals surface area contributed by atoms with E-state index in [1.54, 1.807) is 30.5 Å². The van der Waals surface area contributed by atoms with E-state index in [2.05, 4.69) is 15.6 Å². The van der Waals surface area contributed by atoms with Gasteiger partial charge in [0, 0.05) is 24.8 Å². The maximum Gasteiger partial charge on any atom is 0.254 e. The Kier molecular flexibility index (Phi) is 6.15. The summed E-state index contributed by atoms with van der Waals surface area (Å²) >= 11 is 16.7. The number of aromatic amines is 1. The minimum Gasteiger partial charge on any atom is -0.352 e. The van der Waals surface area contributed by atoms with E-state index in [1.807, 2.05) is 0 Å². The molecule has 0 radical (unpaired) electrons. The van der Waals surface area contributed by atoms with Crippen LogP contribution >= 0.6 is 35.4 Å². The summed E-state index contributed by atoms with van der Waals surface area (Å²) in [6.45, 7) is 0.545. The summed E-state index contributed by atoms with van der Waals surface area (Å²) in [5.74, 6) is -0.592. The van der Waals surface area contributed by atoms with E-state index in [-0.39, 0.29) is 24.9 Å². The summed E-state index contributed by atoms with van der Waals surface area (Å²) in [4.78, 5) is 26.6. The molecule has 23 heavy (non-hydrogen) atoms. The normalized spacial score (nSPS) is 10.2. The Morgan fingerprint density at radius 3 is 2.39 bits per heavy atom. The number of pyridine rings is 1. The van der Waals surface area contributed by atoms with Crippen LogP contribution in [0.4, 0.5) is 0 Å². The number of hydrogen-bond acceptors (Lipinski definition) is 3. The van der Waals surface area contributed by atoms with Crippen LogP contribution in [0, 0.1) is 4.64 Å². The largest absolute Gasteiger partial charge is 0.352 e. The molecule has 1 heterocycles. The van der Waals surface area contributed by atoms with Crippen molar-refractivity contribution in [1.82, 2.24) is 15.6 Å². The van der Waals surface area contributed by atoms with Crippen LogP contribution in [0.3, 0.4) is 0 Å². The second kappa shape index (κ2) is 8.10. The molecule has 3 N–H and O–H groups in total. The lowest BCUT2D eigenvalue weighted by atomic mass is 10.2. The number of benzene rings is 1. The molecule has 0 spiro atoms. The molecule has 0 saturated carbocycles. The summed E-state index contributed by atoms with van der Waals surface area (Å²) in [6.07, 6.45) is 1.65. The van der Waals surface area contributed by atoms with Crippen LogP contribution in [0.2, 0.25) is 10.0 Å². The van der Waals surface area contributed by atoms with Crippen LogP contribution in [0.25, 0.3) is 0 Å². The summed E-state index contributed by atoms with van der Waals surface area (Å²) < 4.78 is 0.366. The van der Waals surface area contributed by atoms with Crippen molar-refractivity contribution >= 4 is 47.2 Å². The van der Waals surface area contributed by atoms with Gasteiger partial charge in [0.25, 0.3) is 11.8 Å². The molecular weight excluding hydrogens is 357 g/mol. The molecule has 1 aromatic carbocycles.